The standard InChI is InChI=1S/C15H14FNO2/c1-10-7-8-13(11(2)18)15(19)17(10)9-12-5-3-4-6-14(12)16/h3-8H,9H2,1-2H3. The summed E-state index contributed by atoms with van der Waals surface area (Å²) in [6.07, 6.45) is 0. The fraction of sp³-hybridized carbons (Fsp3) is 0.200. The molecule has 0 aliphatic heterocycles. The summed E-state index contributed by atoms with van der Waals surface area (Å²) in [7, 11) is 0. The summed E-state index contributed by atoms with van der Waals surface area (Å²) < 4.78 is 15.0. The first kappa shape index (κ1) is 13.2. The molecule has 0 radical (unpaired) electrons. The zero-order valence-corrected chi connectivity index (χ0v) is 10.8. The van der Waals surface area contributed by atoms with Crippen molar-refractivity contribution in [3.63, 3.8) is 0 Å². The number of pyridine rings is 1. The normalized spacial score (nSPS) is 10.5. The maximum absolute atomic E-state index is 13.6. The van der Waals surface area contributed by atoms with Gasteiger partial charge in [0.1, 0.15) is 5.82 Å². The number of carbonyl (C=O) groups excluding carboxylic acids is 1. The number of aromatic nitrogens is 1. The van der Waals surface area contributed by atoms with Gasteiger partial charge in [-0.15, -0.1) is 0 Å². The van der Waals surface area contributed by atoms with Crippen molar-refractivity contribution in [1.29, 1.82) is 0 Å². The van der Waals surface area contributed by atoms with Gasteiger partial charge < -0.3 is 4.57 Å². The number of rotatable bonds is 3. The van der Waals surface area contributed by atoms with E-state index in [0.29, 0.717) is 11.3 Å². The van der Waals surface area contributed by atoms with Crippen molar-refractivity contribution >= 4 is 5.78 Å². The van der Waals surface area contributed by atoms with Crippen LogP contribution in [0.15, 0.2) is 41.2 Å². The number of benzene rings is 1. The van der Waals surface area contributed by atoms with Crippen molar-refractivity contribution in [3.05, 3.63) is 69.4 Å². The maximum atomic E-state index is 13.6. The van der Waals surface area contributed by atoms with Crippen LogP contribution in [0.1, 0.15) is 28.5 Å². The number of aryl methyl sites for hydroxylation is 1. The van der Waals surface area contributed by atoms with Crippen LogP contribution in [-0.4, -0.2) is 10.4 Å². The second-order valence-corrected chi connectivity index (χ2v) is 4.43. The van der Waals surface area contributed by atoms with Crippen molar-refractivity contribution in [3.8, 4) is 0 Å². The summed E-state index contributed by atoms with van der Waals surface area (Å²) in [5.41, 5.74) is 0.865. The number of halogens is 1. The summed E-state index contributed by atoms with van der Waals surface area (Å²) in [5, 5.41) is 0. The number of nitrogens with zero attached hydrogens (tertiary/aromatic N) is 1. The van der Waals surface area contributed by atoms with E-state index in [9.17, 15) is 14.0 Å². The van der Waals surface area contributed by atoms with Crippen LogP contribution < -0.4 is 5.56 Å². The van der Waals surface area contributed by atoms with Crippen molar-refractivity contribution in [2.45, 2.75) is 20.4 Å². The maximum Gasteiger partial charge on any atom is 0.261 e. The fourth-order valence-electron chi connectivity index (χ4n) is 1.93. The van der Waals surface area contributed by atoms with Gasteiger partial charge in [-0.2, -0.15) is 0 Å². The largest absolute Gasteiger partial charge is 0.308 e. The van der Waals surface area contributed by atoms with E-state index >= 15 is 0 Å². The molecule has 1 heterocycles. The van der Waals surface area contributed by atoms with Crippen LogP contribution in [0.4, 0.5) is 4.39 Å². The fourth-order valence-corrected chi connectivity index (χ4v) is 1.93. The van der Waals surface area contributed by atoms with Crippen LogP contribution in [0.3, 0.4) is 0 Å². The summed E-state index contributed by atoms with van der Waals surface area (Å²) in [6, 6.07) is 9.50. The Kier molecular flexibility index (Phi) is 3.60. The molecule has 4 heteroatoms. The average Bonchev–Trinajstić information content (AvgIpc) is 2.36. The third kappa shape index (κ3) is 2.62. The minimum atomic E-state index is -0.379. The predicted octanol–water partition coefficient (Wildman–Crippen LogP) is 2.55. The molecule has 0 bridgehead atoms. The lowest BCUT2D eigenvalue weighted by molar-refractivity contribution is 0.101. The molecule has 0 spiro atoms. The minimum absolute atomic E-state index is 0.123. The third-order valence-electron chi connectivity index (χ3n) is 3.06. The van der Waals surface area contributed by atoms with E-state index in [2.05, 4.69) is 0 Å². The van der Waals surface area contributed by atoms with Crippen LogP contribution in [0.25, 0.3) is 0 Å². The molecule has 0 atom stereocenters. The van der Waals surface area contributed by atoms with Crippen molar-refractivity contribution in [2.24, 2.45) is 0 Å². The lowest BCUT2D eigenvalue weighted by atomic mass is 10.1. The van der Waals surface area contributed by atoms with Gasteiger partial charge in [0.05, 0.1) is 12.1 Å². The van der Waals surface area contributed by atoms with Gasteiger partial charge >= 0.3 is 0 Å². The van der Waals surface area contributed by atoms with Gasteiger partial charge in [0, 0.05) is 11.3 Å². The molecule has 0 aliphatic carbocycles. The number of hydrogen-bond donors (Lipinski definition) is 0. The Morgan fingerprint density at radius 2 is 1.89 bits per heavy atom. The molecule has 0 amide bonds. The van der Waals surface area contributed by atoms with Gasteiger partial charge in [0.2, 0.25) is 0 Å². The van der Waals surface area contributed by atoms with Crippen molar-refractivity contribution < 1.29 is 9.18 Å². The molecule has 98 valence electrons. The van der Waals surface area contributed by atoms with E-state index in [1.54, 1.807) is 31.2 Å². The molecule has 1 aromatic carbocycles. The van der Waals surface area contributed by atoms with Crippen LogP contribution in [0.5, 0.6) is 0 Å². The monoisotopic (exact) mass is 259 g/mol. The molecule has 3 nitrogen and oxygen atoms in total. The Balaban J connectivity index is 2.52. The Morgan fingerprint density at radius 1 is 1.21 bits per heavy atom. The predicted molar refractivity (Wildman–Crippen MR) is 70.9 cm³/mol. The van der Waals surface area contributed by atoms with E-state index in [0.717, 1.165) is 0 Å². The molecule has 2 aromatic rings. The quantitative estimate of drug-likeness (QED) is 0.795. The zero-order valence-electron chi connectivity index (χ0n) is 10.8. The van der Waals surface area contributed by atoms with Crippen molar-refractivity contribution in [1.82, 2.24) is 4.57 Å². The number of carbonyl (C=O) groups is 1. The highest BCUT2D eigenvalue weighted by atomic mass is 19.1. The Hall–Kier alpha value is -2.23. The highest BCUT2D eigenvalue weighted by Gasteiger charge is 2.11. The summed E-state index contributed by atoms with van der Waals surface area (Å²) in [4.78, 5) is 23.5. The smallest absolute Gasteiger partial charge is 0.261 e. The van der Waals surface area contributed by atoms with Crippen LogP contribution in [-0.2, 0) is 6.54 Å². The molecule has 0 aliphatic rings. The summed E-state index contributed by atoms with van der Waals surface area (Å²) in [6.45, 7) is 3.23. The molecule has 1 aromatic heterocycles. The lowest BCUT2D eigenvalue weighted by Gasteiger charge is -2.11. The zero-order chi connectivity index (χ0) is 14.0. The molecule has 0 saturated carbocycles. The molecule has 0 unspecified atom stereocenters. The first-order valence-corrected chi connectivity index (χ1v) is 5.95. The molecular weight excluding hydrogens is 245 g/mol. The van der Waals surface area contributed by atoms with Crippen LogP contribution in [0.2, 0.25) is 0 Å². The SMILES string of the molecule is CC(=O)c1ccc(C)n(Cc2ccccc2F)c1=O. The van der Waals surface area contributed by atoms with E-state index in [1.807, 2.05) is 0 Å². The Labute approximate surface area is 110 Å². The van der Waals surface area contributed by atoms with Gasteiger partial charge in [-0.3, -0.25) is 9.59 Å². The van der Waals surface area contributed by atoms with Crippen molar-refractivity contribution in [2.75, 3.05) is 0 Å². The topological polar surface area (TPSA) is 39.1 Å². The van der Waals surface area contributed by atoms with Gasteiger partial charge in [-0.05, 0) is 32.0 Å². The van der Waals surface area contributed by atoms with Crippen LogP contribution >= 0.6 is 0 Å². The Bertz CT molecular complexity index is 689. The molecule has 2 rings (SSSR count). The number of hydrogen-bond acceptors (Lipinski definition) is 2. The molecule has 0 N–H and O–H groups in total. The lowest BCUT2D eigenvalue weighted by Crippen LogP contribution is -2.27. The highest BCUT2D eigenvalue weighted by molar-refractivity contribution is 5.93. The van der Waals surface area contributed by atoms with Gasteiger partial charge in [0.15, 0.2) is 5.78 Å². The molecular formula is C15H14FNO2. The second kappa shape index (κ2) is 5.18. The first-order chi connectivity index (χ1) is 9.00. The minimum Gasteiger partial charge on any atom is -0.308 e. The summed E-state index contributed by atoms with van der Waals surface area (Å²) in [5.74, 6) is -0.644. The van der Waals surface area contributed by atoms with Gasteiger partial charge in [-0.1, -0.05) is 18.2 Å². The van der Waals surface area contributed by atoms with E-state index in [-0.39, 0.29) is 29.3 Å². The van der Waals surface area contributed by atoms with E-state index < -0.39 is 0 Å². The third-order valence-corrected chi connectivity index (χ3v) is 3.06. The first-order valence-electron chi connectivity index (χ1n) is 5.95. The van der Waals surface area contributed by atoms with Gasteiger partial charge in [-0.25, -0.2) is 4.39 Å². The van der Waals surface area contributed by atoms with E-state index in [4.69, 9.17) is 0 Å². The second-order valence-electron chi connectivity index (χ2n) is 4.43. The highest BCUT2D eigenvalue weighted by Crippen LogP contribution is 2.09. The van der Waals surface area contributed by atoms with Gasteiger partial charge in [0.25, 0.3) is 5.56 Å². The summed E-state index contributed by atoms with van der Waals surface area (Å²) >= 11 is 0. The molecule has 0 fully saturated rings. The molecule has 0 saturated heterocycles. The molecule has 19 heavy (non-hydrogen) atoms. The number of ketones is 1. The number of Topliss-reactive ketones (excluding diaryl/α,β-unsaturated/α-hetero) is 1. The van der Waals surface area contributed by atoms with Crippen LogP contribution in [0, 0.1) is 12.7 Å². The Morgan fingerprint density at radius 3 is 2.53 bits per heavy atom. The average molecular weight is 259 g/mol. The van der Waals surface area contributed by atoms with E-state index in [1.165, 1.54) is 23.6 Å².